The molecule has 164 valence electrons. The van der Waals surface area contributed by atoms with Crippen molar-refractivity contribution in [2.24, 2.45) is 0 Å². The molecule has 1 fully saturated rings. The van der Waals surface area contributed by atoms with Crippen molar-refractivity contribution in [1.29, 1.82) is 0 Å². The Morgan fingerprint density at radius 2 is 1.90 bits per heavy atom. The largest absolute Gasteiger partial charge is 0.496 e. The molecular weight excluding hydrogens is 420 g/mol. The maximum absolute atomic E-state index is 12.5. The Balaban J connectivity index is 1.61. The van der Waals surface area contributed by atoms with Crippen LogP contribution in [0.2, 0.25) is 0 Å². The lowest BCUT2D eigenvalue weighted by molar-refractivity contribution is -0.384. The number of anilines is 1. The third-order valence-corrected chi connectivity index (χ3v) is 5.27. The van der Waals surface area contributed by atoms with Gasteiger partial charge < -0.3 is 19.3 Å². The number of carbonyl (C=O) groups is 1. The maximum atomic E-state index is 12.5. The van der Waals surface area contributed by atoms with E-state index in [2.05, 4.69) is 5.32 Å². The SMILES string of the molecule is CCOc1cccc(C(=O)NC(=S)N2CCN(c3ccc(OC)cc3[N+](=O)[O-])CC2)c1. The minimum atomic E-state index is -0.411. The zero-order valence-corrected chi connectivity index (χ0v) is 18.2. The van der Waals surface area contributed by atoms with E-state index in [1.165, 1.54) is 13.2 Å². The number of hydrogen-bond donors (Lipinski definition) is 1. The topological polar surface area (TPSA) is 97.2 Å². The Morgan fingerprint density at radius 1 is 1.16 bits per heavy atom. The molecule has 2 aromatic rings. The number of amides is 1. The maximum Gasteiger partial charge on any atom is 0.296 e. The van der Waals surface area contributed by atoms with Gasteiger partial charge in [0.05, 0.1) is 24.7 Å². The Bertz CT molecular complexity index is 976. The average Bonchev–Trinajstić information content (AvgIpc) is 2.79. The van der Waals surface area contributed by atoms with Crippen LogP contribution in [0.3, 0.4) is 0 Å². The summed E-state index contributed by atoms with van der Waals surface area (Å²) in [7, 11) is 1.47. The molecule has 31 heavy (non-hydrogen) atoms. The molecule has 0 spiro atoms. The van der Waals surface area contributed by atoms with Crippen LogP contribution in [-0.2, 0) is 0 Å². The van der Waals surface area contributed by atoms with Gasteiger partial charge in [0, 0.05) is 31.7 Å². The standard InChI is InChI=1S/C21H24N4O5S/c1-3-30-17-6-4-5-15(13-17)20(26)22-21(31)24-11-9-23(10-12-24)18-8-7-16(29-2)14-19(18)25(27)28/h4-8,13-14H,3,9-12H2,1-2H3,(H,22,26,31). The van der Waals surface area contributed by atoms with Crippen LogP contribution in [-0.4, -0.2) is 60.7 Å². The first-order valence-electron chi connectivity index (χ1n) is 9.83. The predicted molar refractivity (Wildman–Crippen MR) is 121 cm³/mol. The van der Waals surface area contributed by atoms with Gasteiger partial charge in [0.2, 0.25) is 0 Å². The number of hydrogen-bond acceptors (Lipinski definition) is 7. The highest BCUT2D eigenvalue weighted by Crippen LogP contribution is 2.32. The molecule has 3 rings (SSSR count). The zero-order valence-electron chi connectivity index (χ0n) is 17.4. The fourth-order valence-corrected chi connectivity index (χ4v) is 3.61. The van der Waals surface area contributed by atoms with Crippen molar-refractivity contribution in [1.82, 2.24) is 10.2 Å². The monoisotopic (exact) mass is 444 g/mol. The number of nitrogens with zero attached hydrogens (tertiary/aromatic N) is 3. The molecule has 0 unspecified atom stereocenters. The Hall–Kier alpha value is -3.40. The molecule has 1 saturated heterocycles. The first kappa shape index (κ1) is 22.3. The molecule has 1 aliphatic heterocycles. The van der Waals surface area contributed by atoms with Crippen molar-refractivity contribution in [2.75, 3.05) is 44.8 Å². The smallest absolute Gasteiger partial charge is 0.296 e. The number of rotatable bonds is 6. The van der Waals surface area contributed by atoms with E-state index in [0.29, 0.717) is 60.6 Å². The lowest BCUT2D eigenvalue weighted by Crippen LogP contribution is -2.52. The molecule has 1 amide bonds. The lowest BCUT2D eigenvalue weighted by Gasteiger charge is -2.37. The van der Waals surface area contributed by atoms with E-state index in [4.69, 9.17) is 21.7 Å². The van der Waals surface area contributed by atoms with Gasteiger partial charge in [-0.3, -0.25) is 20.2 Å². The quantitative estimate of drug-likeness (QED) is 0.413. The Labute approximate surface area is 185 Å². The Morgan fingerprint density at radius 3 is 2.55 bits per heavy atom. The average molecular weight is 445 g/mol. The van der Waals surface area contributed by atoms with Crippen LogP contribution in [0.25, 0.3) is 0 Å². The van der Waals surface area contributed by atoms with Gasteiger partial charge in [-0.1, -0.05) is 6.07 Å². The van der Waals surface area contributed by atoms with Gasteiger partial charge in [0.15, 0.2) is 5.11 Å². The van der Waals surface area contributed by atoms with E-state index >= 15 is 0 Å². The molecule has 1 N–H and O–H groups in total. The van der Waals surface area contributed by atoms with Crippen molar-refractivity contribution in [3.63, 3.8) is 0 Å². The van der Waals surface area contributed by atoms with Gasteiger partial charge in [0.1, 0.15) is 17.2 Å². The number of nitro benzene ring substituents is 1. The first-order valence-corrected chi connectivity index (χ1v) is 10.2. The second-order valence-corrected chi connectivity index (χ2v) is 7.19. The van der Waals surface area contributed by atoms with Crippen molar-refractivity contribution in [2.45, 2.75) is 6.92 Å². The number of nitro groups is 1. The molecule has 0 bridgehead atoms. The van der Waals surface area contributed by atoms with Crippen LogP contribution in [0.15, 0.2) is 42.5 Å². The fraction of sp³-hybridized carbons (Fsp3) is 0.333. The molecule has 1 heterocycles. The normalized spacial score (nSPS) is 13.5. The van der Waals surface area contributed by atoms with Crippen LogP contribution in [0.4, 0.5) is 11.4 Å². The fourth-order valence-electron chi connectivity index (χ4n) is 3.34. The summed E-state index contributed by atoms with van der Waals surface area (Å²) in [4.78, 5) is 27.4. The van der Waals surface area contributed by atoms with Crippen LogP contribution in [0.5, 0.6) is 11.5 Å². The number of methoxy groups -OCH3 is 1. The van der Waals surface area contributed by atoms with Crippen molar-refractivity contribution >= 4 is 34.6 Å². The molecule has 10 heteroatoms. The third kappa shape index (κ3) is 5.40. The summed E-state index contributed by atoms with van der Waals surface area (Å²) in [6.07, 6.45) is 0. The molecule has 0 aliphatic carbocycles. The second kappa shape index (κ2) is 10.1. The van der Waals surface area contributed by atoms with E-state index in [0.717, 1.165) is 0 Å². The van der Waals surface area contributed by atoms with Crippen molar-refractivity contribution in [3.8, 4) is 11.5 Å². The number of benzene rings is 2. The molecule has 0 saturated carbocycles. The zero-order chi connectivity index (χ0) is 22.4. The van der Waals surface area contributed by atoms with E-state index in [1.54, 1.807) is 36.4 Å². The van der Waals surface area contributed by atoms with Crippen LogP contribution in [0.1, 0.15) is 17.3 Å². The van der Waals surface area contributed by atoms with Crippen LogP contribution in [0, 0.1) is 10.1 Å². The van der Waals surface area contributed by atoms with E-state index in [1.807, 2.05) is 16.7 Å². The van der Waals surface area contributed by atoms with Gasteiger partial charge in [-0.2, -0.15) is 0 Å². The summed E-state index contributed by atoms with van der Waals surface area (Å²) in [5, 5.41) is 14.5. The summed E-state index contributed by atoms with van der Waals surface area (Å²) in [6.45, 7) is 4.51. The molecular formula is C21H24N4O5S. The number of piperazine rings is 1. The number of ether oxygens (including phenoxy) is 2. The van der Waals surface area contributed by atoms with Crippen molar-refractivity contribution < 1.29 is 19.2 Å². The van der Waals surface area contributed by atoms with Crippen LogP contribution < -0.4 is 19.7 Å². The van der Waals surface area contributed by atoms with Gasteiger partial charge in [-0.15, -0.1) is 0 Å². The highest BCUT2D eigenvalue weighted by molar-refractivity contribution is 7.80. The minimum absolute atomic E-state index is 0.00198. The highest BCUT2D eigenvalue weighted by Gasteiger charge is 2.26. The molecule has 2 aromatic carbocycles. The van der Waals surface area contributed by atoms with Crippen LogP contribution >= 0.6 is 12.2 Å². The summed E-state index contributed by atoms with van der Waals surface area (Å²) in [5.74, 6) is 0.752. The van der Waals surface area contributed by atoms with Crippen molar-refractivity contribution in [3.05, 3.63) is 58.1 Å². The third-order valence-electron chi connectivity index (χ3n) is 4.91. The number of thiocarbonyl (C=S) groups is 1. The molecule has 0 radical (unpaired) electrons. The highest BCUT2D eigenvalue weighted by atomic mass is 32.1. The van der Waals surface area contributed by atoms with E-state index < -0.39 is 4.92 Å². The molecule has 1 aliphatic rings. The molecule has 0 atom stereocenters. The Kier molecular flexibility index (Phi) is 7.24. The lowest BCUT2D eigenvalue weighted by atomic mass is 10.2. The summed E-state index contributed by atoms with van der Waals surface area (Å²) < 4.78 is 10.5. The van der Waals surface area contributed by atoms with Gasteiger partial charge in [-0.05, 0) is 49.5 Å². The number of nitrogens with one attached hydrogen (secondary N) is 1. The van der Waals surface area contributed by atoms with E-state index in [-0.39, 0.29) is 11.6 Å². The summed E-state index contributed by atoms with van der Waals surface area (Å²) in [6, 6.07) is 11.7. The minimum Gasteiger partial charge on any atom is -0.496 e. The summed E-state index contributed by atoms with van der Waals surface area (Å²) in [5.41, 5.74) is 0.992. The predicted octanol–water partition coefficient (Wildman–Crippen LogP) is 2.84. The van der Waals surface area contributed by atoms with Gasteiger partial charge >= 0.3 is 0 Å². The van der Waals surface area contributed by atoms with E-state index in [9.17, 15) is 14.9 Å². The summed E-state index contributed by atoms with van der Waals surface area (Å²) >= 11 is 5.41. The van der Waals surface area contributed by atoms with Gasteiger partial charge in [-0.25, -0.2) is 0 Å². The number of carbonyl (C=O) groups excluding carboxylic acids is 1. The molecule has 0 aromatic heterocycles. The molecule has 9 nitrogen and oxygen atoms in total. The van der Waals surface area contributed by atoms with Gasteiger partial charge in [0.25, 0.3) is 11.6 Å². The first-order chi connectivity index (χ1) is 14.9. The second-order valence-electron chi connectivity index (χ2n) is 6.81.